The van der Waals surface area contributed by atoms with Crippen LogP contribution in [0.1, 0.15) is 12.5 Å². The number of nitriles is 1. The Bertz CT molecular complexity index is 444. The van der Waals surface area contributed by atoms with Crippen LogP contribution in [0.4, 0.5) is 5.82 Å². The number of aromatic nitrogens is 1. The fraction of sp³-hybridized carbons (Fsp3) is 0.500. The van der Waals surface area contributed by atoms with Gasteiger partial charge in [-0.2, -0.15) is 5.26 Å². The normalized spacial score (nSPS) is 20.1. The first kappa shape index (κ1) is 12.2. The number of ether oxygens (including phenoxy) is 1. The molecule has 90 valence electrons. The molecule has 0 aromatic carbocycles. The first-order valence-electron chi connectivity index (χ1n) is 5.58. The Kier molecular flexibility index (Phi) is 3.82. The van der Waals surface area contributed by atoms with Crippen molar-refractivity contribution in [2.45, 2.75) is 19.4 Å². The van der Waals surface area contributed by atoms with E-state index in [1.807, 2.05) is 6.07 Å². The SMILES string of the molecule is C[C@@H]1COCCN1c1cc(CC#N)cc(Cl)n1. The van der Waals surface area contributed by atoms with Crippen LogP contribution in [-0.4, -0.2) is 30.8 Å². The third-order valence-corrected chi connectivity index (χ3v) is 2.98. The maximum Gasteiger partial charge on any atom is 0.131 e. The molecule has 1 atom stereocenters. The molecule has 0 bridgehead atoms. The van der Waals surface area contributed by atoms with Gasteiger partial charge in [-0.15, -0.1) is 0 Å². The van der Waals surface area contributed by atoms with E-state index in [4.69, 9.17) is 21.6 Å². The van der Waals surface area contributed by atoms with Crippen molar-refractivity contribution in [3.8, 4) is 6.07 Å². The highest BCUT2D eigenvalue weighted by molar-refractivity contribution is 6.29. The lowest BCUT2D eigenvalue weighted by molar-refractivity contribution is 0.0985. The second-order valence-electron chi connectivity index (χ2n) is 4.11. The molecule has 2 rings (SSSR count). The summed E-state index contributed by atoms with van der Waals surface area (Å²) >= 11 is 5.97. The summed E-state index contributed by atoms with van der Waals surface area (Å²) < 4.78 is 5.39. The Morgan fingerprint density at radius 3 is 3.18 bits per heavy atom. The Balaban J connectivity index is 2.27. The van der Waals surface area contributed by atoms with E-state index in [1.54, 1.807) is 6.07 Å². The van der Waals surface area contributed by atoms with Gasteiger partial charge in [0.25, 0.3) is 0 Å². The zero-order valence-corrected chi connectivity index (χ0v) is 10.4. The van der Waals surface area contributed by atoms with E-state index in [9.17, 15) is 0 Å². The lowest BCUT2D eigenvalue weighted by Gasteiger charge is -2.34. The summed E-state index contributed by atoms with van der Waals surface area (Å²) in [7, 11) is 0. The van der Waals surface area contributed by atoms with E-state index in [0.717, 1.165) is 17.9 Å². The molecule has 1 aromatic heterocycles. The lowest BCUT2D eigenvalue weighted by atomic mass is 10.2. The molecule has 0 amide bonds. The van der Waals surface area contributed by atoms with E-state index in [0.29, 0.717) is 24.8 Å². The van der Waals surface area contributed by atoms with Gasteiger partial charge in [-0.1, -0.05) is 11.6 Å². The molecule has 1 aromatic rings. The van der Waals surface area contributed by atoms with E-state index in [-0.39, 0.29) is 6.04 Å². The molecule has 0 spiro atoms. The van der Waals surface area contributed by atoms with Crippen molar-refractivity contribution in [3.05, 3.63) is 22.8 Å². The van der Waals surface area contributed by atoms with Crippen LogP contribution in [0.3, 0.4) is 0 Å². The largest absolute Gasteiger partial charge is 0.377 e. The summed E-state index contributed by atoms with van der Waals surface area (Å²) in [6.07, 6.45) is 0.355. The topological polar surface area (TPSA) is 49.1 Å². The minimum absolute atomic E-state index is 0.282. The van der Waals surface area contributed by atoms with Crippen LogP contribution in [0.15, 0.2) is 12.1 Å². The van der Waals surface area contributed by atoms with Gasteiger partial charge in [-0.25, -0.2) is 4.98 Å². The third-order valence-electron chi connectivity index (χ3n) is 2.79. The molecule has 1 aliphatic rings. The van der Waals surface area contributed by atoms with E-state index < -0.39 is 0 Å². The zero-order valence-electron chi connectivity index (χ0n) is 9.69. The van der Waals surface area contributed by atoms with Crippen molar-refractivity contribution >= 4 is 17.4 Å². The van der Waals surface area contributed by atoms with Crippen molar-refractivity contribution in [3.63, 3.8) is 0 Å². The van der Waals surface area contributed by atoms with Gasteiger partial charge >= 0.3 is 0 Å². The standard InChI is InChI=1S/C12H14ClN3O/c1-9-8-17-5-4-16(9)12-7-10(2-3-14)6-11(13)15-12/h6-7,9H,2,4-5,8H2,1H3/t9-/m1/s1. The molecule has 5 heteroatoms. The molecule has 0 radical (unpaired) electrons. The molecule has 0 saturated carbocycles. The van der Waals surface area contributed by atoms with Gasteiger partial charge in [-0.05, 0) is 24.6 Å². The summed E-state index contributed by atoms with van der Waals surface area (Å²) in [4.78, 5) is 6.48. The molecule has 0 aliphatic carbocycles. The predicted octanol–water partition coefficient (Wildman–Crippen LogP) is 2.03. The van der Waals surface area contributed by atoms with Gasteiger partial charge in [0.1, 0.15) is 11.0 Å². The highest BCUT2D eigenvalue weighted by atomic mass is 35.5. The van der Waals surface area contributed by atoms with Crippen LogP contribution in [-0.2, 0) is 11.2 Å². The van der Waals surface area contributed by atoms with Crippen LogP contribution in [0, 0.1) is 11.3 Å². The number of morpholine rings is 1. The molecule has 1 fully saturated rings. The number of halogens is 1. The van der Waals surface area contributed by atoms with Crippen LogP contribution < -0.4 is 4.90 Å². The molecular formula is C12H14ClN3O. The molecule has 0 unspecified atom stereocenters. The van der Waals surface area contributed by atoms with Crippen LogP contribution in [0.25, 0.3) is 0 Å². The van der Waals surface area contributed by atoms with Crippen molar-refractivity contribution in [1.29, 1.82) is 5.26 Å². The highest BCUT2D eigenvalue weighted by Crippen LogP contribution is 2.22. The van der Waals surface area contributed by atoms with Gasteiger partial charge in [-0.3, -0.25) is 0 Å². The van der Waals surface area contributed by atoms with Crippen molar-refractivity contribution < 1.29 is 4.74 Å². The summed E-state index contributed by atoms with van der Waals surface area (Å²) in [6.45, 7) is 4.29. The molecule has 2 heterocycles. The average Bonchev–Trinajstić information content (AvgIpc) is 2.29. The number of nitrogens with zero attached hydrogens (tertiary/aromatic N) is 3. The molecule has 17 heavy (non-hydrogen) atoms. The van der Waals surface area contributed by atoms with Gasteiger partial charge in [0.05, 0.1) is 31.7 Å². The van der Waals surface area contributed by atoms with Crippen molar-refractivity contribution in [2.75, 3.05) is 24.7 Å². The van der Waals surface area contributed by atoms with E-state index in [2.05, 4.69) is 22.9 Å². The van der Waals surface area contributed by atoms with Crippen molar-refractivity contribution in [1.82, 2.24) is 4.98 Å². The van der Waals surface area contributed by atoms with Crippen molar-refractivity contribution in [2.24, 2.45) is 0 Å². The third kappa shape index (κ3) is 2.87. The quantitative estimate of drug-likeness (QED) is 0.755. The average molecular weight is 252 g/mol. The van der Waals surface area contributed by atoms with Gasteiger partial charge in [0, 0.05) is 6.54 Å². The lowest BCUT2D eigenvalue weighted by Crippen LogP contribution is -2.44. The molecular weight excluding hydrogens is 238 g/mol. The second-order valence-corrected chi connectivity index (χ2v) is 4.50. The number of pyridine rings is 1. The Hall–Kier alpha value is -1.31. The van der Waals surface area contributed by atoms with Crippen LogP contribution in [0.2, 0.25) is 5.15 Å². The monoisotopic (exact) mass is 251 g/mol. The summed E-state index contributed by atoms with van der Waals surface area (Å²) in [6, 6.07) is 6.07. The van der Waals surface area contributed by atoms with Gasteiger partial charge in [0.2, 0.25) is 0 Å². The smallest absolute Gasteiger partial charge is 0.131 e. The maximum absolute atomic E-state index is 8.72. The predicted molar refractivity (Wildman–Crippen MR) is 66.2 cm³/mol. The number of rotatable bonds is 2. The van der Waals surface area contributed by atoms with Gasteiger partial charge in [0.15, 0.2) is 0 Å². The fourth-order valence-corrected chi connectivity index (χ4v) is 2.17. The summed E-state index contributed by atoms with van der Waals surface area (Å²) in [5.74, 6) is 0.832. The first-order chi connectivity index (χ1) is 8.20. The molecule has 1 saturated heterocycles. The molecule has 4 nitrogen and oxygen atoms in total. The van der Waals surface area contributed by atoms with Crippen LogP contribution in [0.5, 0.6) is 0 Å². The van der Waals surface area contributed by atoms with E-state index in [1.165, 1.54) is 0 Å². The Morgan fingerprint density at radius 1 is 1.65 bits per heavy atom. The number of anilines is 1. The molecule has 1 aliphatic heterocycles. The summed E-state index contributed by atoms with van der Waals surface area (Å²) in [5.41, 5.74) is 0.904. The highest BCUT2D eigenvalue weighted by Gasteiger charge is 2.20. The Labute approximate surface area is 106 Å². The van der Waals surface area contributed by atoms with Gasteiger partial charge < -0.3 is 9.64 Å². The minimum atomic E-state index is 0.282. The fourth-order valence-electron chi connectivity index (χ4n) is 1.94. The summed E-state index contributed by atoms with van der Waals surface area (Å²) in [5, 5.41) is 9.15. The Morgan fingerprint density at radius 2 is 2.47 bits per heavy atom. The zero-order chi connectivity index (χ0) is 12.3. The number of hydrogen-bond acceptors (Lipinski definition) is 4. The first-order valence-corrected chi connectivity index (χ1v) is 5.96. The second kappa shape index (κ2) is 5.35. The molecule has 0 N–H and O–H groups in total. The number of hydrogen-bond donors (Lipinski definition) is 0. The van der Waals surface area contributed by atoms with Crippen LogP contribution >= 0.6 is 11.6 Å². The van der Waals surface area contributed by atoms with E-state index >= 15 is 0 Å². The minimum Gasteiger partial charge on any atom is -0.377 e. The maximum atomic E-state index is 8.72.